The summed E-state index contributed by atoms with van der Waals surface area (Å²) in [5.41, 5.74) is 2.86. The van der Waals surface area contributed by atoms with Crippen LogP contribution in [0.2, 0.25) is 0 Å². The number of anilines is 1. The highest BCUT2D eigenvalue weighted by Gasteiger charge is 2.23. The third kappa shape index (κ3) is 4.03. The number of hydrogen-bond acceptors (Lipinski definition) is 5. The van der Waals surface area contributed by atoms with Gasteiger partial charge in [-0.05, 0) is 18.2 Å². The highest BCUT2D eigenvalue weighted by molar-refractivity contribution is 6.09. The van der Waals surface area contributed by atoms with Gasteiger partial charge >= 0.3 is 0 Å². The Morgan fingerprint density at radius 3 is 2.57 bits per heavy atom. The fraction of sp³-hybridized carbons (Fsp3) is 0.333. The maximum Gasteiger partial charge on any atom is 0.178 e. The van der Waals surface area contributed by atoms with Crippen molar-refractivity contribution in [2.24, 2.45) is 0 Å². The van der Waals surface area contributed by atoms with E-state index in [1.165, 1.54) is 0 Å². The second-order valence-corrected chi connectivity index (χ2v) is 7.52. The maximum atomic E-state index is 13.1. The summed E-state index contributed by atoms with van der Waals surface area (Å²) in [6.07, 6.45) is 2.34. The van der Waals surface area contributed by atoms with Gasteiger partial charge in [-0.15, -0.1) is 0 Å². The lowest BCUT2D eigenvalue weighted by molar-refractivity contribution is 0.0927. The molecule has 1 aromatic heterocycles. The van der Waals surface area contributed by atoms with Crippen LogP contribution in [0.4, 0.5) is 5.69 Å². The number of nitriles is 1. The van der Waals surface area contributed by atoms with E-state index in [1.54, 1.807) is 7.11 Å². The summed E-state index contributed by atoms with van der Waals surface area (Å²) in [4.78, 5) is 17.6. The van der Waals surface area contributed by atoms with Crippen molar-refractivity contribution < 1.29 is 9.53 Å². The normalized spacial score (nSPS) is 14.6. The smallest absolute Gasteiger partial charge is 0.178 e. The number of ketones is 1. The molecule has 154 valence electrons. The standard InChI is InChI=1S/C24H26N4O2/c1-30-24-10-5-4-9-22(24)27-15-13-26(14-16-27)18-23(29)20-17-28(12-6-11-25)21-8-3-2-7-19(20)21/h2-5,7-10,17H,6,12-16,18H2,1H3. The summed E-state index contributed by atoms with van der Waals surface area (Å²) in [6.45, 7) is 4.39. The van der Waals surface area contributed by atoms with Crippen LogP contribution in [0.25, 0.3) is 10.9 Å². The molecule has 0 N–H and O–H groups in total. The number of fused-ring (bicyclic) bond motifs is 1. The predicted molar refractivity (Wildman–Crippen MR) is 118 cm³/mol. The van der Waals surface area contributed by atoms with E-state index in [0.717, 1.165) is 54.1 Å². The molecule has 0 bridgehead atoms. The van der Waals surface area contributed by atoms with Gasteiger partial charge in [-0.25, -0.2) is 0 Å². The lowest BCUT2D eigenvalue weighted by Crippen LogP contribution is -2.48. The fourth-order valence-corrected chi connectivity index (χ4v) is 4.15. The molecule has 30 heavy (non-hydrogen) atoms. The predicted octanol–water partition coefficient (Wildman–Crippen LogP) is 3.57. The van der Waals surface area contributed by atoms with E-state index in [9.17, 15) is 4.79 Å². The number of carbonyl (C=O) groups is 1. The molecule has 1 aliphatic heterocycles. The summed E-state index contributed by atoms with van der Waals surface area (Å²) >= 11 is 0. The molecule has 1 aliphatic rings. The Morgan fingerprint density at radius 1 is 1.07 bits per heavy atom. The number of Topliss-reactive ketones (excluding diaryl/α,β-unsaturated/α-hetero) is 1. The lowest BCUT2D eigenvalue weighted by Gasteiger charge is -2.36. The molecule has 6 nitrogen and oxygen atoms in total. The molecule has 0 radical (unpaired) electrons. The molecule has 0 aliphatic carbocycles. The van der Waals surface area contributed by atoms with E-state index in [2.05, 4.69) is 21.9 Å². The Hall–Kier alpha value is -3.30. The number of ether oxygens (including phenoxy) is 1. The number of aromatic nitrogens is 1. The van der Waals surface area contributed by atoms with Gasteiger partial charge in [0.15, 0.2) is 5.78 Å². The lowest BCUT2D eigenvalue weighted by atomic mass is 10.1. The number of hydrogen-bond donors (Lipinski definition) is 0. The summed E-state index contributed by atoms with van der Waals surface area (Å²) < 4.78 is 7.51. The molecule has 0 atom stereocenters. The Kier molecular flexibility index (Phi) is 6.01. The van der Waals surface area contributed by atoms with Crippen LogP contribution in [-0.4, -0.2) is 55.1 Å². The number of methoxy groups -OCH3 is 1. The van der Waals surface area contributed by atoms with Gasteiger partial charge in [0, 0.05) is 55.4 Å². The molecule has 0 amide bonds. The number of piperazine rings is 1. The van der Waals surface area contributed by atoms with Crippen LogP contribution in [-0.2, 0) is 6.54 Å². The van der Waals surface area contributed by atoms with Gasteiger partial charge in [-0.1, -0.05) is 30.3 Å². The highest BCUT2D eigenvalue weighted by Crippen LogP contribution is 2.28. The molecular weight excluding hydrogens is 376 g/mol. The van der Waals surface area contributed by atoms with Crippen LogP contribution in [0.1, 0.15) is 16.8 Å². The quantitative estimate of drug-likeness (QED) is 0.566. The highest BCUT2D eigenvalue weighted by atomic mass is 16.5. The Bertz CT molecular complexity index is 1070. The zero-order valence-electron chi connectivity index (χ0n) is 17.3. The van der Waals surface area contributed by atoms with Crippen LogP contribution in [0, 0.1) is 11.3 Å². The SMILES string of the molecule is COc1ccccc1N1CCN(CC(=O)c2cn(CCC#N)c3ccccc23)CC1. The van der Waals surface area contributed by atoms with Crippen molar-refractivity contribution in [3.63, 3.8) is 0 Å². The van der Waals surface area contributed by atoms with Crippen molar-refractivity contribution in [1.29, 1.82) is 5.26 Å². The van der Waals surface area contributed by atoms with Crippen molar-refractivity contribution in [2.75, 3.05) is 44.7 Å². The average Bonchev–Trinajstić information content (AvgIpc) is 3.17. The second kappa shape index (κ2) is 9.02. The van der Waals surface area contributed by atoms with E-state index < -0.39 is 0 Å². The molecule has 2 aromatic carbocycles. The monoisotopic (exact) mass is 402 g/mol. The zero-order chi connectivity index (χ0) is 20.9. The number of para-hydroxylation sites is 3. The minimum absolute atomic E-state index is 0.132. The first-order valence-electron chi connectivity index (χ1n) is 10.3. The third-order valence-corrected chi connectivity index (χ3v) is 5.72. The maximum absolute atomic E-state index is 13.1. The third-order valence-electron chi connectivity index (χ3n) is 5.72. The topological polar surface area (TPSA) is 61.5 Å². The van der Waals surface area contributed by atoms with E-state index >= 15 is 0 Å². The Morgan fingerprint density at radius 2 is 1.80 bits per heavy atom. The average molecular weight is 402 g/mol. The van der Waals surface area contributed by atoms with E-state index in [1.807, 2.05) is 53.2 Å². The van der Waals surface area contributed by atoms with Crippen molar-refractivity contribution in [3.8, 4) is 11.8 Å². The molecule has 4 rings (SSSR count). The molecule has 0 unspecified atom stereocenters. The summed E-state index contributed by atoms with van der Waals surface area (Å²) in [6, 6.07) is 18.2. The molecular formula is C24H26N4O2. The Balaban J connectivity index is 1.44. The largest absolute Gasteiger partial charge is 0.495 e. The number of aryl methyl sites for hydroxylation is 1. The molecule has 0 spiro atoms. The van der Waals surface area contributed by atoms with Crippen LogP contribution in [0.15, 0.2) is 54.7 Å². The number of carbonyl (C=O) groups excluding carboxylic acids is 1. The van der Waals surface area contributed by atoms with Crippen molar-refractivity contribution in [3.05, 3.63) is 60.3 Å². The van der Waals surface area contributed by atoms with Crippen molar-refractivity contribution in [2.45, 2.75) is 13.0 Å². The van der Waals surface area contributed by atoms with Gasteiger partial charge in [0.05, 0.1) is 31.8 Å². The molecule has 6 heteroatoms. The molecule has 0 saturated carbocycles. The second-order valence-electron chi connectivity index (χ2n) is 7.52. The molecule has 1 saturated heterocycles. The fourth-order valence-electron chi connectivity index (χ4n) is 4.15. The van der Waals surface area contributed by atoms with Gasteiger partial charge in [0.1, 0.15) is 5.75 Å². The number of benzene rings is 2. The van der Waals surface area contributed by atoms with Crippen molar-refractivity contribution >= 4 is 22.4 Å². The van der Waals surface area contributed by atoms with Gasteiger partial charge in [-0.3, -0.25) is 9.69 Å². The summed E-state index contributed by atoms with van der Waals surface area (Å²) in [5, 5.41) is 9.89. The van der Waals surface area contributed by atoms with Gasteiger partial charge in [0.25, 0.3) is 0 Å². The first kappa shape index (κ1) is 20.0. The zero-order valence-corrected chi connectivity index (χ0v) is 17.3. The Labute approximate surface area is 176 Å². The molecule has 2 heterocycles. The minimum Gasteiger partial charge on any atom is -0.495 e. The number of nitrogens with zero attached hydrogens (tertiary/aromatic N) is 4. The van der Waals surface area contributed by atoms with Crippen LogP contribution in [0.3, 0.4) is 0 Å². The van der Waals surface area contributed by atoms with Crippen LogP contribution < -0.4 is 9.64 Å². The van der Waals surface area contributed by atoms with Gasteiger partial charge in [0.2, 0.25) is 0 Å². The van der Waals surface area contributed by atoms with Gasteiger partial charge in [-0.2, -0.15) is 5.26 Å². The van der Waals surface area contributed by atoms with Crippen LogP contribution in [0.5, 0.6) is 5.75 Å². The van der Waals surface area contributed by atoms with Gasteiger partial charge < -0.3 is 14.2 Å². The number of rotatable bonds is 7. The van der Waals surface area contributed by atoms with Crippen molar-refractivity contribution in [1.82, 2.24) is 9.47 Å². The van der Waals surface area contributed by atoms with E-state index in [-0.39, 0.29) is 5.78 Å². The first-order valence-corrected chi connectivity index (χ1v) is 10.3. The first-order chi connectivity index (χ1) is 14.7. The van der Waals surface area contributed by atoms with Crippen LogP contribution >= 0.6 is 0 Å². The molecule has 1 fully saturated rings. The van der Waals surface area contributed by atoms with E-state index in [0.29, 0.717) is 19.5 Å². The molecule has 3 aromatic rings. The van der Waals surface area contributed by atoms with E-state index in [4.69, 9.17) is 10.00 Å². The summed E-state index contributed by atoms with van der Waals surface area (Å²) in [5.74, 6) is 1.01. The minimum atomic E-state index is 0.132. The summed E-state index contributed by atoms with van der Waals surface area (Å²) in [7, 11) is 1.70.